The second-order valence-corrected chi connectivity index (χ2v) is 4.61. The second-order valence-electron chi connectivity index (χ2n) is 4.61. The van der Waals surface area contributed by atoms with Gasteiger partial charge in [-0.2, -0.15) is 0 Å². The average molecular weight is 202 g/mol. The van der Waals surface area contributed by atoms with E-state index in [9.17, 15) is 4.79 Å². The summed E-state index contributed by atoms with van der Waals surface area (Å²) in [7, 11) is 0. The van der Waals surface area contributed by atoms with Crippen molar-refractivity contribution in [1.82, 2.24) is 0 Å². The normalized spacial score (nSPS) is 38.1. The summed E-state index contributed by atoms with van der Waals surface area (Å²) in [4.78, 5) is 11.9. The van der Waals surface area contributed by atoms with E-state index in [1.54, 1.807) is 0 Å². The molecule has 0 spiro atoms. The molecule has 2 nitrogen and oxygen atoms in total. The van der Waals surface area contributed by atoms with Gasteiger partial charge in [0.15, 0.2) is 0 Å². The molecule has 1 saturated carbocycles. The molecule has 3 rings (SSSR count). The van der Waals surface area contributed by atoms with E-state index in [1.807, 2.05) is 30.3 Å². The highest BCUT2D eigenvalue weighted by Gasteiger charge is 2.60. The Bertz CT molecular complexity index is 398. The molecular weight excluding hydrogens is 188 g/mol. The molecule has 1 aromatic carbocycles. The Labute approximate surface area is 89.2 Å². The third-order valence-electron chi connectivity index (χ3n) is 4.07. The predicted octanol–water partition coefficient (Wildman–Crippen LogP) is 2.28. The SMILES string of the molecule is CC1C2CCC1(c1ccccc1)C(=O)O2. The lowest BCUT2D eigenvalue weighted by Crippen LogP contribution is -2.34. The van der Waals surface area contributed by atoms with Crippen LogP contribution in [0, 0.1) is 5.92 Å². The minimum atomic E-state index is -0.341. The van der Waals surface area contributed by atoms with E-state index in [1.165, 1.54) is 0 Å². The first-order valence-corrected chi connectivity index (χ1v) is 5.52. The molecule has 2 aliphatic rings. The van der Waals surface area contributed by atoms with Crippen molar-refractivity contribution in [3.63, 3.8) is 0 Å². The van der Waals surface area contributed by atoms with Gasteiger partial charge in [-0.3, -0.25) is 4.79 Å². The maximum absolute atomic E-state index is 11.9. The Balaban J connectivity index is 2.13. The van der Waals surface area contributed by atoms with Gasteiger partial charge in [0.1, 0.15) is 6.10 Å². The number of fused-ring (bicyclic) bond motifs is 2. The van der Waals surface area contributed by atoms with Gasteiger partial charge in [0.05, 0.1) is 5.41 Å². The lowest BCUT2D eigenvalue weighted by molar-refractivity contribution is -0.149. The minimum Gasteiger partial charge on any atom is -0.461 e. The lowest BCUT2D eigenvalue weighted by Gasteiger charge is -2.26. The molecule has 2 heteroatoms. The van der Waals surface area contributed by atoms with Crippen LogP contribution in [0.5, 0.6) is 0 Å². The molecule has 1 aliphatic heterocycles. The molecule has 2 bridgehead atoms. The van der Waals surface area contributed by atoms with E-state index in [2.05, 4.69) is 6.92 Å². The van der Waals surface area contributed by atoms with E-state index in [4.69, 9.17) is 4.74 Å². The molecule has 78 valence electrons. The van der Waals surface area contributed by atoms with Crippen molar-refractivity contribution in [2.75, 3.05) is 0 Å². The van der Waals surface area contributed by atoms with Crippen LogP contribution in [0.25, 0.3) is 0 Å². The van der Waals surface area contributed by atoms with E-state index in [-0.39, 0.29) is 17.5 Å². The van der Waals surface area contributed by atoms with Crippen molar-refractivity contribution in [3.8, 4) is 0 Å². The molecule has 3 unspecified atom stereocenters. The third kappa shape index (κ3) is 0.969. The zero-order chi connectivity index (χ0) is 10.5. The van der Waals surface area contributed by atoms with Crippen LogP contribution in [0.2, 0.25) is 0 Å². The van der Waals surface area contributed by atoms with Crippen LogP contribution < -0.4 is 0 Å². The summed E-state index contributed by atoms with van der Waals surface area (Å²) in [6, 6.07) is 10.1. The highest BCUT2D eigenvalue weighted by atomic mass is 16.6. The van der Waals surface area contributed by atoms with Crippen LogP contribution in [0.4, 0.5) is 0 Å². The molecule has 2 fully saturated rings. The van der Waals surface area contributed by atoms with E-state index >= 15 is 0 Å². The molecule has 0 N–H and O–H groups in total. The van der Waals surface area contributed by atoms with Crippen LogP contribution >= 0.6 is 0 Å². The molecule has 0 amide bonds. The van der Waals surface area contributed by atoms with Gasteiger partial charge < -0.3 is 4.74 Å². The number of ether oxygens (including phenoxy) is 1. The van der Waals surface area contributed by atoms with Gasteiger partial charge in [-0.15, -0.1) is 0 Å². The highest BCUT2D eigenvalue weighted by Crippen LogP contribution is 2.52. The summed E-state index contributed by atoms with van der Waals surface area (Å²) in [5.41, 5.74) is 0.786. The van der Waals surface area contributed by atoms with Gasteiger partial charge in [0.25, 0.3) is 0 Å². The van der Waals surface area contributed by atoms with Crippen molar-refractivity contribution in [1.29, 1.82) is 0 Å². The minimum absolute atomic E-state index is 0.0162. The first-order chi connectivity index (χ1) is 7.25. The summed E-state index contributed by atoms with van der Waals surface area (Å²) in [6.45, 7) is 2.13. The lowest BCUT2D eigenvalue weighted by atomic mass is 9.74. The van der Waals surface area contributed by atoms with Crippen molar-refractivity contribution in [2.45, 2.75) is 31.3 Å². The quantitative estimate of drug-likeness (QED) is 0.653. The van der Waals surface area contributed by atoms with Crippen LogP contribution in [-0.2, 0) is 14.9 Å². The summed E-state index contributed by atoms with van der Waals surface area (Å²) < 4.78 is 5.39. The average Bonchev–Trinajstić information content (AvgIpc) is 2.71. The van der Waals surface area contributed by atoms with E-state index in [0.29, 0.717) is 5.92 Å². The molecule has 1 aliphatic carbocycles. The maximum atomic E-state index is 11.9. The second kappa shape index (κ2) is 2.84. The van der Waals surface area contributed by atoms with Crippen molar-refractivity contribution >= 4 is 5.97 Å². The van der Waals surface area contributed by atoms with Crippen LogP contribution in [-0.4, -0.2) is 12.1 Å². The fraction of sp³-hybridized carbons (Fsp3) is 0.462. The maximum Gasteiger partial charge on any atom is 0.317 e. The molecule has 3 atom stereocenters. The van der Waals surface area contributed by atoms with E-state index in [0.717, 1.165) is 18.4 Å². The third-order valence-corrected chi connectivity index (χ3v) is 4.07. The fourth-order valence-corrected chi connectivity index (χ4v) is 3.12. The smallest absolute Gasteiger partial charge is 0.317 e. The molecule has 1 aromatic rings. The van der Waals surface area contributed by atoms with Crippen molar-refractivity contribution in [2.24, 2.45) is 5.92 Å². The summed E-state index contributed by atoms with van der Waals surface area (Å²) in [5.74, 6) is 0.310. The van der Waals surface area contributed by atoms with Gasteiger partial charge in [0, 0.05) is 5.92 Å². The van der Waals surface area contributed by atoms with Gasteiger partial charge in [0.2, 0.25) is 0 Å². The summed E-state index contributed by atoms with van der Waals surface area (Å²) in [5, 5.41) is 0. The Morgan fingerprint density at radius 3 is 2.60 bits per heavy atom. The predicted molar refractivity (Wildman–Crippen MR) is 56.4 cm³/mol. The fourth-order valence-electron chi connectivity index (χ4n) is 3.12. The van der Waals surface area contributed by atoms with Gasteiger partial charge in [-0.1, -0.05) is 37.3 Å². The molecular formula is C13H14O2. The highest BCUT2D eigenvalue weighted by molar-refractivity contribution is 5.87. The van der Waals surface area contributed by atoms with Gasteiger partial charge >= 0.3 is 5.97 Å². The largest absolute Gasteiger partial charge is 0.461 e. The Morgan fingerprint density at radius 2 is 2.07 bits per heavy atom. The number of esters is 1. The molecule has 1 heterocycles. The molecule has 0 radical (unpaired) electrons. The Kier molecular flexibility index (Phi) is 1.70. The number of carbonyl (C=O) groups is 1. The summed E-state index contributed by atoms with van der Waals surface area (Å²) >= 11 is 0. The van der Waals surface area contributed by atoms with Crippen molar-refractivity contribution < 1.29 is 9.53 Å². The summed E-state index contributed by atoms with van der Waals surface area (Å²) in [6.07, 6.45) is 2.11. The van der Waals surface area contributed by atoms with Crippen LogP contribution in [0.3, 0.4) is 0 Å². The Hall–Kier alpha value is -1.31. The first kappa shape index (κ1) is 8.96. The first-order valence-electron chi connectivity index (χ1n) is 5.52. The van der Waals surface area contributed by atoms with Gasteiger partial charge in [-0.25, -0.2) is 0 Å². The van der Waals surface area contributed by atoms with Crippen molar-refractivity contribution in [3.05, 3.63) is 35.9 Å². The standard InChI is InChI=1S/C13H14O2/c1-9-11-7-8-13(9,12(14)15-11)10-5-3-2-4-6-10/h2-6,9,11H,7-8H2,1H3. The number of carbonyl (C=O) groups excluding carboxylic acids is 1. The number of benzene rings is 1. The van der Waals surface area contributed by atoms with Crippen LogP contribution in [0.1, 0.15) is 25.3 Å². The number of hydrogen-bond acceptors (Lipinski definition) is 2. The van der Waals surface area contributed by atoms with Crippen LogP contribution in [0.15, 0.2) is 30.3 Å². The molecule has 15 heavy (non-hydrogen) atoms. The monoisotopic (exact) mass is 202 g/mol. The molecule has 1 saturated heterocycles. The number of rotatable bonds is 1. The van der Waals surface area contributed by atoms with E-state index < -0.39 is 0 Å². The zero-order valence-electron chi connectivity index (χ0n) is 8.77. The topological polar surface area (TPSA) is 26.3 Å². The molecule has 0 aromatic heterocycles. The number of hydrogen-bond donors (Lipinski definition) is 0. The van der Waals surface area contributed by atoms with Gasteiger partial charge in [-0.05, 0) is 18.4 Å². The Morgan fingerprint density at radius 1 is 1.33 bits per heavy atom. The zero-order valence-corrected chi connectivity index (χ0v) is 8.77.